The second kappa shape index (κ2) is 4.94. The molecule has 0 heterocycles. The molecule has 0 aliphatic heterocycles. The van der Waals surface area contributed by atoms with Crippen molar-refractivity contribution in [1.82, 2.24) is 4.90 Å². The van der Waals surface area contributed by atoms with Gasteiger partial charge in [0.05, 0.1) is 0 Å². The van der Waals surface area contributed by atoms with Gasteiger partial charge in [-0.2, -0.15) is 0 Å². The average molecular weight is 162 g/mol. The molecule has 1 heteroatoms. The first kappa shape index (κ1) is 9.27. The number of hydrogen-bond acceptors (Lipinski definition) is 1. The Morgan fingerprint density at radius 3 is 2.50 bits per heavy atom. The van der Waals surface area contributed by atoms with Crippen molar-refractivity contribution in [2.75, 3.05) is 13.1 Å². The summed E-state index contributed by atoms with van der Waals surface area (Å²) in [6.45, 7) is 7.62. The van der Waals surface area contributed by atoms with Gasteiger partial charge in [0.2, 0.25) is 0 Å². The van der Waals surface area contributed by atoms with Gasteiger partial charge in [-0.15, -0.1) is 0 Å². The standard InChI is InChI=1S/C11H16N/c1-3-12(4-2)10-11-8-6-5-7-9-11/h5-8H,3-4,10H2,1-2H3. The maximum absolute atomic E-state index is 3.23. The minimum atomic E-state index is 1.02. The van der Waals surface area contributed by atoms with E-state index in [9.17, 15) is 0 Å². The van der Waals surface area contributed by atoms with Gasteiger partial charge >= 0.3 is 0 Å². The fourth-order valence-electron chi connectivity index (χ4n) is 1.22. The zero-order valence-electron chi connectivity index (χ0n) is 7.88. The molecular weight excluding hydrogens is 146 g/mol. The van der Waals surface area contributed by atoms with Crippen molar-refractivity contribution in [2.45, 2.75) is 20.4 Å². The van der Waals surface area contributed by atoms with E-state index in [1.165, 1.54) is 5.56 Å². The minimum Gasteiger partial charge on any atom is -0.300 e. The summed E-state index contributed by atoms with van der Waals surface area (Å²) in [6.07, 6.45) is 0. The van der Waals surface area contributed by atoms with E-state index in [0.717, 1.165) is 19.6 Å². The highest BCUT2D eigenvalue weighted by Gasteiger charge is 1.98. The van der Waals surface area contributed by atoms with Gasteiger partial charge in [-0.05, 0) is 24.7 Å². The Hall–Kier alpha value is -0.820. The lowest BCUT2D eigenvalue weighted by Gasteiger charge is -2.17. The Kier molecular flexibility index (Phi) is 3.81. The zero-order valence-corrected chi connectivity index (χ0v) is 7.88. The van der Waals surface area contributed by atoms with Gasteiger partial charge in [0.15, 0.2) is 0 Å². The molecule has 0 saturated heterocycles. The van der Waals surface area contributed by atoms with Crippen molar-refractivity contribution >= 4 is 0 Å². The van der Waals surface area contributed by atoms with Gasteiger partial charge in [0, 0.05) is 6.54 Å². The largest absolute Gasteiger partial charge is 0.300 e. The molecule has 0 bridgehead atoms. The van der Waals surface area contributed by atoms with Gasteiger partial charge in [-0.25, -0.2) is 0 Å². The second-order valence-corrected chi connectivity index (χ2v) is 2.85. The molecule has 0 aliphatic carbocycles. The highest BCUT2D eigenvalue weighted by atomic mass is 15.1. The van der Waals surface area contributed by atoms with Crippen LogP contribution in [0.1, 0.15) is 19.4 Å². The van der Waals surface area contributed by atoms with E-state index in [-0.39, 0.29) is 0 Å². The van der Waals surface area contributed by atoms with Gasteiger partial charge in [0.1, 0.15) is 0 Å². The van der Waals surface area contributed by atoms with Crippen molar-refractivity contribution in [2.24, 2.45) is 0 Å². The van der Waals surface area contributed by atoms with E-state index < -0.39 is 0 Å². The molecule has 0 atom stereocenters. The summed E-state index contributed by atoms with van der Waals surface area (Å²) >= 11 is 0. The van der Waals surface area contributed by atoms with Crippen molar-refractivity contribution in [3.05, 3.63) is 35.9 Å². The number of nitrogens with zero attached hydrogens (tertiary/aromatic N) is 1. The Bertz CT molecular complexity index is 202. The number of hydrogen-bond donors (Lipinski definition) is 0. The maximum atomic E-state index is 3.23. The van der Waals surface area contributed by atoms with Crippen molar-refractivity contribution in [3.63, 3.8) is 0 Å². The third-order valence-electron chi connectivity index (χ3n) is 2.06. The summed E-state index contributed by atoms with van der Waals surface area (Å²) in [5.74, 6) is 0. The van der Waals surface area contributed by atoms with Gasteiger partial charge in [-0.1, -0.05) is 38.1 Å². The molecule has 0 aromatic heterocycles. The highest BCUT2D eigenvalue weighted by molar-refractivity contribution is 5.12. The van der Waals surface area contributed by atoms with Crippen molar-refractivity contribution < 1.29 is 0 Å². The predicted octanol–water partition coefficient (Wildman–Crippen LogP) is 2.33. The molecule has 0 amide bonds. The summed E-state index contributed by atoms with van der Waals surface area (Å²) in [4.78, 5) is 2.38. The summed E-state index contributed by atoms with van der Waals surface area (Å²) < 4.78 is 0. The first-order valence-corrected chi connectivity index (χ1v) is 4.54. The molecule has 0 aliphatic rings. The fraction of sp³-hybridized carbons (Fsp3) is 0.455. The molecule has 0 unspecified atom stereocenters. The Morgan fingerprint density at radius 2 is 2.00 bits per heavy atom. The quantitative estimate of drug-likeness (QED) is 0.656. The molecule has 0 fully saturated rings. The summed E-state index contributed by atoms with van der Waals surface area (Å²) in [6, 6.07) is 11.4. The van der Waals surface area contributed by atoms with Crippen LogP contribution < -0.4 is 0 Å². The molecule has 65 valence electrons. The summed E-state index contributed by atoms with van der Waals surface area (Å²) in [5.41, 5.74) is 1.28. The van der Waals surface area contributed by atoms with Gasteiger partial charge in [-0.3, -0.25) is 4.90 Å². The molecule has 1 radical (unpaired) electrons. The van der Waals surface area contributed by atoms with Crippen LogP contribution in [0.15, 0.2) is 24.3 Å². The van der Waals surface area contributed by atoms with E-state index in [4.69, 9.17) is 0 Å². The van der Waals surface area contributed by atoms with Crippen LogP contribution >= 0.6 is 0 Å². The lowest BCUT2D eigenvalue weighted by Crippen LogP contribution is -2.21. The van der Waals surface area contributed by atoms with Crippen molar-refractivity contribution in [3.8, 4) is 0 Å². The van der Waals surface area contributed by atoms with Crippen LogP contribution in [-0.2, 0) is 6.54 Å². The van der Waals surface area contributed by atoms with Gasteiger partial charge < -0.3 is 0 Å². The van der Waals surface area contributed by atoms with E-state index in [2.05, 4.69) is 36.9 Å². The minimum absolute atomic E-state index is 1.02. The van der Waals surface area contributed by atoms with Gasteiger partial charge in [0.25, 0.3) is 0 Å². The van der Waals surface area contributed by atoms with Crippen LogP contribution in [0, 0.1) is 6.07 Å². The van der Waals surface area contributed by atoms with E-state index in [1.54, 1.807) is 0 Å². The molecule has 1 aromatic rings. The molecule has 0 saturated carbocycles. The summed E-state index contributed by atoms with van der Waals surface area (Å²) in [7, 11) is 0. The molecule has 12 heavy (non-hydrogen) atoms. The monoisotopic (exact) mass is 162 g/mol. The molecule has 1 rings (SSSR count). The third-order valence-corrected chi connectivity index (χ3v) is 2.06. The average Bonchev–Trinajstić information content (AvgIpc) is 2.16. The lowest BCUT2D eigenvalue weighted by molar-refractivity contribution is 0.295. The topological polar surface area (TPSA) is 3.24 Å². The number of rotatable bonds is 4. The normalized spacial score (nSPS) is 10.6. The molecular formula is C11H16N. The van der Waals surface area contributed by atoms with Crippen molar-refractivity contribution in [1.29, 1.82) is 0 Å². The van der Waals surface area contributed by atoms with Crippen LogP contribution in [0.4, 0.5) is 0 Å². The highest BCUT2D eigenvalue weighted by Crippen LogP contribution is 2.02. The zero-order chi connectivity index (χ0) is 8.81. The predicted molar refractivity (Wildman–Crippen MR) is 51.9 cm³/mol. The third kappa shape index (κ3) is 2.67. The van der Waals surface area contributed by atoms with Crippen LogP contribution in [0.2, 0.25) is 0 Å². The Balaban J connectivity index is 2.51. The maximum Gasteiger partial charge on any atom is 0.0239 e. The first-order valence-electron chi connectivity index (χ1n) is 4.54. The SMILES string of the molecule is CCN(CC)Cc1[c]cccc1. The van der Waals surface area contributed by atoms with E-state index in [0.29, 0.717) is 0 Å². The number of benzene rings is 1. The fourth-order valence-corrected chi connectivity index (χ4v) is 1.22. The summed E-state index contributed by atoms with van der Waals surface area (Å²) in [5, 5.41) is 0. The van der Waals surface area contributed by atoms with Crippen LogP contribution in [0.25, 0.3) is 0 Å². The van der Waals surface area contributed by atoms with Crippen LogP contribution in [-0.4, -0.2) is 18.0 Å². The smallest absolute Gasteiger partial charge is 0.0239 e. The second-order valence-electron chi connectivity index (χ2n) is 2.85. The molecule has 1 aromatic carbocycles. The lowest BCUT2D eigenvalue weighted by atomic mass is 10.2. The molecule has 0 spiro atoms. The van der Waals surface area contributed by atoms with E-state index in [1.807, 2.05) is 12.1 Å². The molecule has 0 N–H and O–H groups in total. The van der Waals surface area contributed by atoms with E-state index >= 15 is 0 Å². The van der Waals surface area contributed by atoms with Crippen LogP contribution in [0.5, 0.6) is 0 Å². The first-order chi connectivity index (χ1) is 5.86. The van der Waals surface area contributed by atoms with Crippen LogP contribution in [0.3, 0.4) is 0 Å². The Labute approximate surface area is 75.0 Å². The Morgan fingerprint density at radius 1 is 1.25 bits per heavy atom. The molecule has 1 nitrogen and oxygen atoms in total.